The Labute approximate surface area is 99.6 Å². The summed E-state index contributed by atoms with van der Waals surface area (Å²) in [4.78, 5) is 4.41. The SMILES string of the molecule is CC(C)N=C1NSc2sc(Br)cc2N1. The van der Waals surface area contributed by atoms with Crippen LogP contribution in [0.5, 0.6) is 0 Å². The van der Waals surface area contributed by atoms with Gasteiger partial charge in [0.25, 0.3) is 0 Å². The van der Waals surface area contributed by atoms with Crippen molar-refractivity contribution in [3.05, 3.63) is 9.85 Å². The summed E-state index contributed by atoms with van der Waals surface area (Å²) in [6.07, 6.45) is 0. The summed E-state index contributed by atoms with van der Waals surface area (Å²) >= 11 is 6.78. The minimum atomic E-state index is 0.300. The molecule has 0 unspecified atom stereocenters. The molecule has 2 N–H and O–H groups in total. The fourth-order valence-corrected chi connectivity index (χ4v) is 3.76. The van der Waals surface area contributed by atoms with Crippen molar-refractivity contribution in [2.24, 2.45) is 4.99 Å². The summed E-state index contributed by atoms with van der Waals surface area (Å²) in [6, 6.07) is 2.37. The molecule has 0 spiro atoms. The summed E-state index contributed by atoms with van der Waals surface area (Å²) in [5.41, 5.74) is 1.13. The normalized spacial score (nSPS) is 17.9. The van der Waals surface area contributed by atoms with E-state index < -0.39 is 0 Å². The van der Waals surface area contributed by atoms with Gasteiger partial charge in [-0.05, 0) is 35.8 Å². The monoisotopic (exact) mass is 291 g/mol. The van der Waals surface area contributed by atoms with E-state index in [1.807, 2.05) is 0 Å². The van der Waals surface area contributed by atoms with Crippen LogP contribution < -0.4 is 10.0 Å². The van der Waals surface area contributed by atoms with Crippen molar-refractivity contribution >= 4 is 50.9 Å². The Bertz CT molecular complexity index is 373. The van der Waals surface area contributed by atoms with E-state index in [0.717, 1.165) is 15.4 Å². The highest BCUT2D eigenvalue weighted by Crippen LogP contribution is 2.39. The second-order valence-corrected chi connectivity index (χ2v) is 6.66. The van der Waals surface area contributed by atoms with Crippen molar-refractivity contribution in [1.82, 2.24) is 4.72 Å². The quantitative estimate of drug-likeness (QED) is 0.780. The number of nitrogens with zero attached hydrogens (tertiary/aromatic N) is 1. The van der Waals surface area contributed by atoms with E-state index in [9.17, 15) is 0 Å². The van der Waals surface area contributed by atoms with Crippen molar-refractivity contribution in [2.75, 3.05) is 5.32 Å². The summed E-state index contributed by atoms with van der Waals surface area (Å²) < 4.78 is 5.54. The van der Waals surface area contributed by atoms with Crippen molar-refractivity contribution in [3.63, 3.8) is 0 Å². The fraction of sp³-hybridized carbons (Fsp3) is 0.375. The number of hydrogen-bond acceptors (Lipinski definition) is 3. The average molecular weight is 292 g/mol. The van der Waals surface area contributed by atoms with Crippen molar-refractivity contribution < 1.29 is 0 Å². The van der Waals surface area contributed by atoms with E-state index in [-0.39, 0.29) is 0 Å². The van der Waals surface area contributed by atoms with Gasteiger partial charge in [-0.25, -0.2) is 4.99 Å². The molecule has 6 heteroatoms. The number of thiophene rings is 1. The minimum Gasteiger partial charge on any atom is -0.324 e. The topological polar surface area (TPSA) is 36.4 Å². The first kappa shape index (κ1) is 10.3. The third-order valence-corrected chi connectivity index (χ3v) is 4.18. The lowest BCUT2D eigenvalue weighted by Gasteiger charge is -2.17. The van der Waals surface area contributed by atoms with E-state index in [0.29, 0.717) is 6.04 Å². The second kappa shape index (κ2) is 4.12. The Morgan fingerprint density at radius 2 is 2.29 bits per heavy atom. The molecule has 1 aromatic heterocycles. The average Bonchev–Trinajstić information content (AvgIpc) is 2.42. The first-order valence-corrected chi connectivity index (χ1v) is 6.65. The van der Waals surface area contributed by atoms with Crippen LogP contribution in [-0.2, 0) is 0 Å². The number of aliphatic imine (C=N–C) groups is 1. The zero-order chi connectivity index (χ0) is 10.1. The van der Waals surface area contributed by atoms with Gasteiger partial charge in [-0.2, -0.15) is 0 Å². The van der Waals surface area contributed by atoms with Gasteiger partial charge in [0, 0.05) is 18.0 Å². The molecule has 0 bridgehead atoms. The van der Waals surface area contributed by atoms with E-state index in [2.05, 4.69) is 50.9 Å². The van der Waals surface area contributed by atoms with Crippen LogP contribution >= 0.6 is 39.2 Å². The van der Waals surface area contributed by atoms with Gasteiger partial charge in [0.2, 0.25) is 5.96 Å². The highest BCUT2D eigenvalue weighted by molar-refractivity contribution is 9.11. The maximum Gasteiger partial charge on any atom is 0.206 e. The van der Waals surface area contributed by atoms with Crippen LogP contribution in [0, 0.1) is 0 Å². The lowest BCUT2D eigenvalue weighted by molar-refractivity contribution is 0.831. The molecule has 1 aliphatic heterocycles. The van der Waals surface area contributed by atoms with Crippen LogP contribution in [0.25, 0.3) is 0 Å². The standard InChI is InChI=1S/C8H10BrN3S2/c1-4(2)10-8-11-5-3-6(9)13-7(5)14-12-8/h3-4H,1-2H3,(H2,10,11,12). The first-order valence-electron chi connectivity index (χ1n) is 4.22. The zero-order valence-electron chi connectivity index (χ0n) is 7.80. The Kier molecular flexibility index (Phi) is 3.04. The largest absolute Gasteiger partial charge is 0.324 e. The molecule has 0 amide bonds. The highest BCUT2D eigenvalue weighted by Gasteiger charge is 2.16. The third kappa shape index (κ3) is 2.24. The van der Waals surface area contributed by atoms with Crippen LogP contribution in [0.3, 0.4) is 0 Å². The maximum absolute atomic E-state index is 4.41. The van der Waals surface area contributed by atoms with Crippen molar-refractivity contribution in [2.45, 2.75) is 24.1 Å². The molecule has 0 aromatic carbocycles. The number of fused-ring (bicyclic) bond motifs is 1. The lowest BCUT2D eigenvalue weighted by atomic mass is 10.4. The number of rotatable bonds is 1. The Hall–Kier alpha value is -0.200. The summed E-state index contributed by atoms with van der Waals surface area (Å²) in [6.45, 7) is 4.11. The number of halogens is 1. The van der Waals surface area contributed by atoms with E-state index in [1.54, 1.807) is 23.3 Å². The van der Waals surface area contributed by atoms with Gasteiger partial charge in [0.1, 0.15) is 4.21 Å². The van der Waals surface area contributed by atoms with Crippen LogP contribution in [0.15, 0.2) is 19.1 Å². The van der Waals surface area contributed by atoms with Gasteiger partial charge in [-0.1, -0.05) is 0 Å². The molecular weight excluding hydrogens is 282 g/mol. The molecule has 0 fully saturated rings. The molecule has 1 aromatic rings. The molecule has 2 rings (SSSR count). The van der Waals surface area contributed by atoms with Gasteiger partial charge >= 0.3 is 0 Å². The molecule has 0 radical (unpaired) electrons. The number of hydrogen-bond donors (Lipinski definition) is 2. The molecule has 3 nitrogen and oxygen atoms in total. The van der Waals surface area contributed by atoms with Crippen molar-refractivity contribution in [3.8, 4) is 0 Å². The zero-order valence-corrected chi connectivity index (χ0v) is 11.0. The Morgan fingerprint density at radius 3 is 3.00 bits per heavy atom. The predicted octanol–water partition coefficient (Wildman–Crippen LogP) is 3.30. The molecule has 0 saturated heterocycles. The Morgan fingerprint density at radius 1 is 1.50 bits per heavy atom. The molecule has 0 atom stereocenters. The van der Waals surface area contributed by atoms with Crippen LogP contribution in [-0.4, -0.2) is 12.0 Å². The molecule has 1 aliphatic rings. The third-order valence-electron chi connectivity index (χ3n) is 1.55. The first-order chi connectivity index (χ1) is 6.65. The molecule has 14 heavy (non-hydrogen) atoms. The summed E-state index contributed by atoms with van der Waals surface area (Å²) in [5.74, 6) is 0.836. The van der Waals surface area contributed by atoms with Gasteiger partial charge < -0.3 is 5.32 Å². The second-order valence-electron chi connectivity index (χ2n) is 3.15. The molecule has 2 heterocycles. The van der Waals surface area contributed by atoms with Gasteiger partial charge in [0.05, 0.1) is 9.47 Å². The fourth-order valence-electron chi connectivity index (χ4n) is 1.07. The summed E-state index contributed by atoms with van der Waals surface area (Å²) in [7, 11) is 0. The molecular formula is C8H10BrN3S2. The molecule has 0 aliphatic carbocycles. The van der Waals surface area contributed by atoms with E-state index in [4.69, 9.17) is 0 Å². The van der Waals surface area contributed by atoms with Crippen molar-refractivity contribution in [1.29, 1.82) is 0 Å². The number of guanidine groups is 1. The molecule has 0 saturated carbocycles. The van der Waals surface area contributed by atoms with Gasteiger partial charge in [-0.15, -0.1) is 11.3 Å². The predicted molar refractivity (Wildman–Crippen MR) is 67.2 cm³/mol. The Balaban J connectivity index is 2.21. The molecule has 76 valence electrons. The van der Waals surface area contributed by atoms with Gasteiger partial charge in [-0.3, -0.25) is 4.72 Å². The van der Waals surface area contributed by atoms with E-state index in [1.165, 1.54) is 4.21 Å². The van der Waals surface area contributed by atoms with Crippen LogP contribution in [0.2, 0.25) is 0 Å². The minimum absolute atomic E-state index is 0.300. The number of nitrogens with one attached hydrogen (secondary N) is 2. The van der Waals surface area contributed by atoms with Crippen LogP contribution in [0.4, 0.5) is 5.69 Å². The number of anilines is 1. The highest BCUT2D eigenvalue weighted by atomic mass is 79.9. The lowest BCUT2D eigenvalue weighted by Crippen LogP contribution is -2.29. The van der Waals surface area contributed by atoms with E-state index >= 15 is 0 Å². The smallest absolute Gasteiger partial charge is 0.206 e. The van der Waals surface area contributed by atoms with Gasteiger partial charge in [0.15, 0.2) is 0 Å². The summed E-state index contributed by atoms with van der Waals surface area (Å²) in [5, 5.41) is 3.25. The van der Waals surface area contributed by atoms with Crippen LogP contribution in [0.1, 0.15) is 13.8 Å². The maximum atomic E-state index is 4.41.